The van der Waals surface area contributed by atoms with Crippen molar-refractivity contribution in [2.75, 3.05) is 0 Å². The molecule has 0 bridgehead atoms. The van der Waals surface area contributed by atoms with Crippen molar-refractivity contribution < 1.29 is 4.79 Å². The third kappa shape index (κ3) is 3.01. The zero-order valence-electron chi connectivity index (χ0n) is 11.6. The van der Waals surface area contributed by atoms with E-state index in [0.717, 1.165) is 31.1 Å². The van der Waals surface area contributed by atoms with Gasteiger partial charge >= 0.3 is 0 Å². The molecule has 0 N–H and O–H groups in total. The summed E-state index contributed by atoms with van der Waals surface area (Å²) < 4.78 is 2.07. The van der Waals surface area contributed by atoms with Crippen molar-refractivity contribution in [3.8, 4) is 0 Å². The topological polar surface area (TPSA) is 34.9 Å². The lowest BCUT2D eigenvalue weighted by Gasteiger charge is -2.27. The first-order valence-corrected chi connectivity index (χ1v) is 7.27. The van der Waals surface area contributed by atoms with Gasteiger partial charge in [0.25, 0.3) is 0 Å². The molecule has 1 heterocycles. The third-order valence-electron chi connectivity index (χ3n) is 4.29. The van der Waals surface area contributed by atoms with Gasteiger partial charge in [-0.1, -0.05) is 26.2 Å². The molecule has 1 aliphatic rings. The van der Waals surface area contributed by atoms with Gasteiger partial charge in [-0.25, -0.2) is 4.98 Å². The van der Waals surface area contributed by atoms with Gasteiger partial charge in [0.05, 0.1) is 6.42 Å². The van der Waals surface area contributed by atoms with E-state index in [0.29, 0.717) is 12.2 Å². The maximum absolute atomic E-state index is 12.3. The SMILES string of the molecule is CCC1CCCC(C(=O)Cc2nccn2CC)C1. The molecule has 1 saturated carbocycles. The second-order valence-corrected chi connectivity index (χ2v) is 5.41. The van der Waals surface area contributed by atoms with Gasteiger partial charge < -0.3 is 4.57 Å². The van der Waals surface area contributed by atoms with Crippen LogP contribution in [0.4, 0.5) is 0 Å². The standard InChI is InChI=1S/C15H24N2O/c1-3-12-6-5-7-13(10-12)14(18)11-15-16-8-9-17(15)4-2/h8-9,12-13H,3-7,10-11H2,1-2H3. The van der Waals surface area contributed by atoms with Gasteiger partial charge in [0, 0.05) is 24.9 Å². The maximum Gasteiger partial charge on any atom is 0.143 e. The second-order valence-electron chi connectivity index (χ2n) is 5.41. The molecule has 0 amide bonds. The summed E-state index contributed by atoms with van der Waals surface area (Å²) >= 11 is 0. The molecule has 3 nitrogen and oxygen atoms in total. The monoisotopic (exact) mass is 248 g/mol. The summed E-state index contributed by atoms with van der Waals surface area (Å²) in [6.07, 6.45) is 10.2. The van der Waals surface area contributed by atoms with Crippen molar-refractivity contribution in [1.29, 1.82) is 0 Å². The Hall–Kier alpha value is -1.12. The Morgan fingerprint density at radius 3 is 3.00 bits per heavy atom. The highest BCUT2D eigenvalue weighted by molar-refractivity contribution is 5.82. The van der Waals surface area contributed by atoms with E-state index in [9.17, 15) is 4.79 Å². The Bertz CT molecular complexity index is 397. The normalized spacial score (nSPS) is 24.1. The molecule has 0 spiro atoms. The first-order valence-electron chi connectivity index (χ1n) is 7.27. The molecule has 0 saturated heterocycles. The predicted octanol–water partition coefficient (Wildman–Crippen LogP) is 3.23. The quantitative estimate of drug-likeness (QED) is 0.802. The lowest BCUT2D eigenvalue weighted by molar-refractivity contribution is -0.123. The fourth-order valence-corrected chi connectivity index (χ4v) is 3.05. The average Bonchev–Trinajstić information content (AvgIpc) is 2.86. The molecule has 100 valence electrons. The van der Waals surface area contributed by atoms with Crippen LogP contribution in [0, 0.1) is 11.8 Å². The van der Waals surface area contributed by atoms with Crippen LogP contribution in [0.3, 0.4) is 0 Å². The number of hydrogen-bond acceptors (Lipinski definition) is 2. The minimum absolute atomic E-state index is 0.283. The lowest BCUT2D eigenvalue weighted by Crippen LogP contribution is -2.25. The summed E-state index contributed by atoms with van der Waals surface area (Å²) in [6.45, 7) is 5.22. The molecule has 1 aromatic heterocycles. The Balaban J connectivity index is 1.95. The van der Waals surface area contributed by atoms with Gasteiger partial charge in [0.1, 0.15) is 11.6 Å². The number of carbonyl (C=O) groups is 1. The number of ketones is 1. The van der Waals surface area contributed by atoms with Gasteiger partial charge in [-0.15, -0.1) is 0 Å². The fraction of sp³-hybridized carbons (Fsp3) is 0.733. The van der Waals surface area contributed by atoms with Gasteiger partial charge in [-0.05, 0) is 25.7 Å². The number of rotatable bonds is 5. The van der Waals surface area contributed by atoms with Crippen molar-refractivity contribution >= 4 is 5.78 Å². The minimum Gasteiger partial charge on any atom is -0.335 e. The summed E-state index contributed by atoms with van der Waals surface area (Å²) in [7, 11) is 0. The molecule has 18 heavy (non-hydrogen) atoms. The molecule has 1 fully saturated rings. The molecular formula is C15H24N2O. The average molecular weight is 248 g/mol. The van der Waals surface area contributed by atoms with Crippen LogP contribution >= 0.6 is 0 Å². The molecule has 0 radical (unpaired) electrons. The predicted molar refractivity (Wildman–Crippen MR) is 72.4 cm³/mol. The lowest BCUT2D eigenvalue weighted by atomic mass is 9.77. The highest BCUT2D eigenvalue weighted by Crippen LogP contribution is 2.31. The Morgan fingerprint density at radius 1 is 1.44 bits per heavy atom. The number of hydrogen-bond donors (Lipinski definition) is 0. The highest BCUT2D eigenvalue weighted by atomic mass is 16.1. The molecule has 2 unspecified atom stereocenters. The molecule has 3 heteroatoms. The maximum atomic E-state index is 12.3. The zero-order valence-corrected chi connectivity index (χ0v) is 11.6. The van der Waals surface area contributed by atoms with E-state index in [1.165, 1.54) is 19.3 Å². The van der Waals surface area contributed by atoms with E-state index in [4.69, 9.17) is 0 Å². The van der Waals surface area contributed by atoms with Crippen LogP contribution in [0.2, 0.25) is 0 Å². The number of aromatic nitrogens is 2. The summed E-state index contributed by atoms with van der Waals surface area (Å²) in [6, 6.07) is 0. The molecule has 2 atom stereocenters. The van der Waals surface area contributed by atoms with Gasteiger partial charge in [-0.3, -0.25) is 4.79 Å². The first kappa shape index (κ1) is 13.3. The van der Waals surface area contributed by atoms with Crippen molar-refractivity contribution in [2.45, 2.75) is 58.9 Å². The van der Waals surface area contributed by atoms with Crippen LogP contribution in [-0.4, -0.2) is 15.3 Å². The van der Waals surface area contributed by atoms with Crippen LogP contribution in [0.25, 0.3) is 0 Å². The molecular weight excluding hydrogens is 224 g/mol. The smallest absolute Gasteiger partial charge is 0.143 e. The summed E-state index contributed by atoms with van der Waals surface area (Å²) in [5, 5.41) is 0. The van der Waals surface area contributed by atoms with E-state index in [-0.39, 0.29) is 5.92 Å². The molecule has 1 aliphatic carbocycles. The molecule has 0 aromatic carbocycles. The molecule has 1 aromatic rings. The van der Waals surface area contributed by atoms with E-state index in [1.54, 1.807) is 6.20 Å². The van der Waals surface area contributed by atoms with Crippen LogP contribution in [-0.2, 0) is 17.8 Å². The number of nitrogens with zero attached hydrogens (tertiary/aromatic N) is 2. The Labute approximate surface area is 110 Å². The Kier molecular flexibility index (Phi) is 4.56. The third-order valence-corrected chi connectivity index (χ3v) is 4.29. The number of Topliss-reactive ketones (excluding diaryl/α,β-unsaturated/α-hetero) is 1. The zero-order chi connectivity index (χ0) is 13.0. The second kappa shape index (κ2) is 6.17. The fourth-order valence-electron chi connectivity index (χ4n) is 3.05. The number of imidazole rings is 1. The summed E-state index contributed by atoms with van der Waals surface area (Å²) in [4.78, 5) is 16.6. The Morgan fingerprint density at radius 2 is 2.28 bits per heavy atom. The van der Waals surface area contributed by atoms with Crippen LogP contribution in [0.5, 0.6) is 0 Å². The van der Waals surface area contributed by atoms with Crippen LogP contribution in [0.15, 0.2) is 12.4 Å². The highest BCUT2D eigenvalue weighted by Gasteiger charge is 2.26. The molecule has 2 rings (SSSR count). The number of carbonyl (C=O) groups excluding carboxylic acids is 1. The molecule has 0 aliphatic heterocycles. The van der Waals surface area contributed by atoms with E-state index in [1.807, 2.05) is 6.20 Å². The summed E-state index contributed by atoms with van der Waals surface area (Å²) in [5.74, 6) is 2.37. The van der Waals surface area contributed by atoms with Gasteiger partial charge in [0.2, 0.25) is 0 Å². The van der Waals surface area contributed by atoms with E-state index < -0.39 is 0 Å². The van der Waals surface area contributed by atoms with Crippen molar-refractivity contribution in [2.24, 2.45) is 11.8 Å². The number of aryl methyl sites for hydroxylation is 1. The van der Waals surface area contributed by atoms with Crippen molar-refractivity contribution in [1.82, 2.24) is 9.55 Å². The van der Waals surface area contributed by atoms with Crippen LogP contribution < -0.4 is 0 Å². The van der Waals surface area contributed by atoms with Gasteiger partial charge in [0.15, 0.2) is 0 Å². The van der Waals surface area contributed by atoms with Crippen molar-refractivity contribution in [3.05, 3.63) is 18.2 Å². The summed E-state index contributed by atoms with van der Waals surface area (Å²) in [5.41, 5.74) is 0. The van der Waals surface area contributed by atoms with Gasteiger partial charge in [-0.2, -0.15) is 0 Å². The largest absolute Gasteiger partial charge is 0.335 e. The minimum atomic E-state index is 0.283. The van der Waals surface area contributed by atoms with Crippen LogP contribution in [0.1, 0.15) is 51.8 Å². The first-order chi connectivity index (χ1) is 8.74. The van der Waals surface area contributed by atoms with Crippen molar-refractivity contribution in [3.63, 3.8) is 0 Å². The van der Waals surface area contributed by atoms with E-state index >= 15 is 0 Å². The van der Waals surface area contributed by atoms with E-state index in [2.05, 4.69) is 23.4 Å².